The molecule has 0 heterocycles. The van der Waals surface area contributed by atoms with E-state index in [1.165, 1.54) is 24.3 Å². The van der Waals surface area contributed by atoms with Crippen LogP contribution in [0.25, 0.3) is 0 Å². The van der Waals surface area contributed by atoms with Gasteiger partial charge in [-0.2, -0.15) is 13.2 Å². The molecule has 0 amide bonds. The van der Waals surface area contributed by atoms with Crippen LogP contribution in [0.4, 0.5) is 23.2 Å². The van der Waals surface area contributed by atoms with E-state index in [1.54, 1.807) is 6.07 Å². The van der Waals surface area contributed by atoms with Gasteiger partial charge in [-0.3, -0.25) is 0 Å². The van der Waals surface area contributed by atoms with Crippen molar-refractivity contribution < 1.29 is 17.6 Å². The Bertz CT molecular complexity index is 573. The van der Waals surface area contributed by atoms with Crippen LogP contribution in [0.3, 0.4) is 0 Å². The Morgan fingerprint density at radius 2 is 1.58 bits per heavy atom. The van der Waals surface area contributed by atoms with Crippen LogP contribution >= 0.6 is 0 Å². The van der Waals surface area contributed by atoms with Gasteiger partial charge in [-0.1, -0.05) is 24.3 Å². The van der Waals surface area contributed by atoms with Gasteiger partial charge in [0.2, 0.25) is 0 Å². The minimum Gasteiger partial charge on any atom is -0.396 e. The topological polar surface area (TPSA) is 26.0 Å². The van der Waals surface area contributed by atoms with Gasteiger partial charge < -0.3 is 5.73 Å². The van der Waals surface area contributed by atoms with Crippen LogP contribution in [0.5, 0.6) is 0 Å². The van der Waals surface area contributed by atoms with Crippen molar-refractivity contribution in [3.05, 3.63) is 65.0 Å². The lowest BCUT2D eigenvalue weighted by Crippen LogP contribution is -2.05. The number of hydrogen-bond donors (Lipinski definition) is 1. The zero-order chi connectivity index (χ0) is 14.0. The van der Waals surface area contributed by atoms with Crippen LogP contribution in [0.15, 0.2) is 42.5 Å². The second-order valence-corrected chi connectivity index (χ2v) is 4.18. The Labute approximate surface area is 107 Å². The Hall–Kier alpha value is -2.04. The van der Waals surface area contributed by atoms with Gasteiger partial charge in [0.1, 0.15) is 5.82 Å². The number of alkyl halides is 3. The van der Waals surface area contributed by atoms with Crippen LogP contribution in [0.2, 0.25) is 0 Å². The molecule has 0 unspecified atom stereocenters. The van der Waals surface area contributed by atoms with Gasteiger partial charge in [0.25, 0.3) is 0 Å². The van der Waals surface area contributed by atoms with Crippen molar-refractivity contribution in [3.63, 3.8) is 0 Å². The Morgan fingerprint density at radius 3 is 2.16 bits per heavy atom. The van der Waals surface area contributed by atoms with E-state index in [9.17, 15) is 17.6 Å². The van der Waals surface area contributed by atoms with E-state index in [0.29, 0.717) is 17.5 Å². The highest BCUT2D eigenvalue weighted by atomic mass is 19.4. The lowest BCUT2D eigenvalue weighted by atomic mass is 10.0. The number of nitrogens with two attached hydrogens (primary N) is 1. The predicted octanol–water partition coefficient (Wildman–Crippen LogP) is 4.02. The molecule has 19 heavy (non-hydrogen) atoms. The molecule has 0 atom stereocenters. The summed E-state index contributed by atoms with van der Waals surface area (Å²) < 4.78 is 50.4. The third-order valence-corrected chi connectivity index (χ3v) is 2.82. The van der Waals surface area contributed by atoms with Crippen molar-refractivity contribution in [1.29, 1.82) is 0 Å². The van der Waals surface area contributed by atoms with Gasteiger partial charge >= 0.3 is 6.18 Å². The molecule has 0 fully saturated rings. The summed E-state index contributed by atoms with van der Waals surface area (Å²) in [6.07, 6.45) is -4.06. The number of anilines is 1. The summed E-state index contributed by atoms with van der Waals surface area (Å²) in [7, 11) is 0. The Balaban J connectivity index is 2.23. The Kier molecular flexibility index (Phi) is 3.46. The van der Waals surface area contributed by atoms with Gasteiger partial charge in [-0.25, -0.2) is 4.39 Å². The molecule has 2 aromatic rings. The van der Waals surface area contributed by atoms with Crippen molar-refractivity contribution in [2.45, 2.75) is 12.6 Å². The van der Waals surface area contributed by atoms with Crippen molar-refractivity contribution in [2.24, 2.45) is 0 Å². The number of nitrogen functional groups attached to an aromatic ring is 1. The highest BCUT2D eigenvalue weighted by Gasteiger charge is 2.29. The standard InChI is InChI=1S/C14H11F4N/c15-12-3-1-2-10(13(12)19)8-9-4-6-11(7-5-9)14(16,17)18/h1-7H,8,19H2. The summed E-state index contributed by atoms with van der Waals surface area (Å²) in [4.78, 5) is 0. The van der Waals surface area contributed by atoms with Gasteiger partial charge in [0.05, 0.1) is 11.3 Å². The minimum absolute atomic E-state index is 0.0300. The quantitative estimate of drug-likeness (QED) is 0.646. The summed E-state index contributed by atoms with van der Waals surface area (Å²) >= 11 is 0. The summed E-state index contributed by atoms with van der Waals surface area (Å²) in [6.45, 7) is 0. The maximum absolute atomic E-state index is 13.2. The molecule has 0 spiro atoms. The first-order valence-electron chi connectivity index (χ1n) is 5.57. The highest BCUT2D eigenvalue weighted by Crippen LogP contribution is 2.29. The van der Waals surface area contributed by atoms with Crippen LogP contribution in [0.1, 0.15) is 16.7 Å². The normalized spacial score (nSPS) is 11.6. The van der Waals surface area contributed by atoms with Crippen LogP contribution in [0, 0.1) is 5.82 Å². The third-order valence-electron chi connectivity index (χ3n) is 2.82. The number of rotatable bonds is 2. The van der Waals surface area contributed by atoms with Gasteiger partial charge in [-0.05, 0) is 35.7 Å². The molecule has 0 bridgehead atoms. The molecule has 0 aliphatic carbocycles. The largest absolute Gasteiger partial charge is 0.416 e. The second kappa shape index (κ2) is 4.91. The van der Waals surface area contributed by atoms with Crippen molar-refractivity contribution in [1.82, 2.24) is 0 Å². The van der Waals surface area contributed by atoms with E-state index in [-0.39, 0.29) is 5.69 Å². The molecule has 0 saturated carbocycles. The number of hydrogen-bond acceptors (Lipinski definition) is 1. The molecule has 0 saturated heterocycles. The monoisotopic (exact) mass is 269 g/mol. The van der Waals surface area contributed by atoms with E-state index in [2.05, 4.69) is 0 Å². The molecule has 2 rings (SSSR count). The summed E-state index contributed by atoms with van der Waals surface area (Å²) in [5.74, 6) is -0.524. The van der Waals surface area contributed by atoms with Gasteiger partial charge in [0.15, 0.2) is 0 Å². The number of halogens is 4. The highest BCUT2D eigenvalue weighted by molar-refractivity contribution is 5.50. The molecule has 100 valence electrons. The third kappa shape index (κ3) is 3.05. The van der Waals surface area contributed by atoms with Crippen LogP contribution in [-0.2, 0) is 12.6 Å². The molecule has 2 N–H and O–H groups in total. The van der Waals surface area contributed by atoms with E-state index in [1.807, 2.05) is 0 Å². The predicted molar refractivity (Wildman–Crippen MR) is 65.1 cm³/mol. The average molecular weight is 269 g/mol. The molecule has 0 radical (unpaired) electrons. The maximum Gasteiger partial charge on any atom is 0.416 e. The molecule has 2 aromatic carbocycles. The second-order valence-electron chi connectivity index (χ2n) is 4.18. The van der Waals surface area contributed by atoms with Crippen LogP contribution in [-0.4, -0.2) is 0 Å². The smallest absolute Gasteiger partial charge is 0.396 e. The van der Waals surface area contributed by atoms with E-state index in [4.69, 9.17) is 5.73 Å². The summed E-state index contributed by atoms with van der Waals surface area (Å²) in [5.41, 5.74) is 6.10. The van der Waals surface area contributed by atoms with Crippen LogP contribution < -0.4 is 5.73 Å². The lowest BCUT2D eigenvalue weighted by molar-refractivity contribution is -0.137. The molecular formula is C14H11F4N. The molecule has 0 aliphatic heterocycles. The molecule has 0 aromatic heterocycles. The zero-order valence-corrected chi connectivity index (χ0v) is 9.84. The zero-order valence-electron chi connectivity index (χ0n) is 9.84. The van der Waals surface area contributed by atoms with E-state index >= 15 is 0 Å². The molecule has 5 heteroatoms. The van der Waals surface area contributed by atoms with Crippen molar-refractivity contribution >= 4 is 5.69 Å². The summed E-state index contributed by atoms with van der Waals surface area (Å²) in [5, 5.41) is 0. The maximum atomic E-state index is 13.2. The fraction of sp³-hybridized carbons (Fsp3) is 0.143. The first kappa shape index (κ1) is 13.4. The number of para-hydroxylation sites is 1. The fourth-order valence-electron chi connectivity index (χ4n) is 1.77. The fourth-order valence-corrected chi connectivity index (χ4v) is 1.77. The van der Waals surface area contributed by atoms with Gasteiger partial charge in [-0.15, -0.1) is 0 Å². The van der Waals surface area contributed by atoms with Crippen molar-refractivity contribution in [2.75, 3.05) is 5.73 Å². The van der Waals surface area contributed by atoms with Crippen molar-refractivity contribution in [3.8, 4) is 0 Å². The lowest BCUT2D eigenvalue weighted by Gasteiger charge is -2.09. The average Bonchev–Trinajstić information content (AvgIpc) is 2.35. The first-order chi connectivity index (χ1) is 8.88. The SMILES string of the molecule is Nc1c(F)cccc1Cc1ccc(C(F)(F)F)cc1. The molecule has 1 nitrogen and oxygen atoms in total. The van der Waals surface area contributed by atoms with E-state index < -0.39 is 17.6 Å². The first-order valence-corrected chi connectivity index (χ1v) is 5.57. The summed E-state index contributed by atoms with van der Waals surface area (Å²) in [6, 6.07) is 9.16. The minimum atomic E-state index is -4.35. The van der Waals surface area contributed by atoms with Gasteiger partial charge in [0, 0.05) is 0 Å². The van der Waals surface area contributed by atoms with E-state index in [0.717, 1.165) is 12.1 Å². The molecule has 0 aliphatic rings. The molecular weight excluding hydrogens is 258 g/mol. The number of benzene rings is 2. The Morgan fingerprint density at radius 1 is 0.947 bits per heavy atom.